The van der Waals surface area contributed by atoms with Crippen LogP contribution in [0.3, 0.4) is 0 Å². The van der Waals surface area contributed by atoms with Crippen molar-refractivity contribution in [1.82, 2.24) is 25.0 Å². The van der Waals surface area contributed by atoms with Gasteiger partial charge >= 0.3 is 5.97 Å². The molecule has 2 aromatic rings. The van der Waals surface area contributed by atoms with Gasteiger partial charge in [0.25, 0.3) is 0 Å². The fourth-order valence-corrected chi connectivity index (χ4v) is 5.54. The molecule has 2 aromatic heterocycles. The SMILES string of the molecule is COC(CF)CN(CCCCc1ccc2c(n1)NCCC2)CCC(NC(=O)C1(n2nc(Cl)cc2C)CC1)C(=O)O. The monoisotopic (exact) mass is 578 g/mol. The number of nitrogens with one attached hydrogen (secondary N) is 2. The molecular weight excluding hydrogens is 539 g/mol. The lowest BCUT2D eigenvalue weighted by molar-refractivity contribution is -0.143. The number of fused-ring (bicyclic) bond motifs is 1. The van der Waals surface area contributed by atoms with Gasteiger partial charge in [-0.25, -0.2) is 14.2 Å². The summed E-state index contributed by atoms with van der Waals surface area (Å²) in [4.78, 5) is 32.0. The Hall–Kier alpha value is -2.76. The molecule has 1 saturated carbocycles. The van der Waals surface area contributed by atoms with E-state index in [1.165, 1.54) is 12.7 Å². The number of methoxy groups -OCH3 is 1. The van der Waals surface area contributed by atoms with Gasteiger partial charge in [0.2, 0.25) is 5.91 Å². The van der Waals surface area contributed by atoms with Gasteiger partial charge in [0.1, 0.15) is 24.1 Å². The van der Waals surface area contributed by atoms with Crippen molar-refractivity contribution < 1.29 is 23.8 Å². The molecule has 2 atom stereocenters. The summed E-state index contributed by atoms with van der Waals surface area (Å²) in [7, 11) is 1.47. The summed E-state index contributed by atoms with van der Waals surface area (Å²) in [5.74, 6) is -0.503. The molecule has 3 N–H and O–H groups in total. The quantitative estimate of drug-likeness (QED) is 0.259. The molecule has 0 aromatic carbocycles. The topological polar surface area (TPSA) is 122 Å². The summed E-state index contributed by atoms with van der Waals surface area (Å²) >= 11 is 6.02. The third-order valence-corrected chi connectivity index (χ3v) is 8.01. The number of aryl methyl sites for hydroxylation is 3. The molecule has 2 unspecified atom stereocenters. The number of carbonyl (C=O) groups is 2. The molecule has 40 heavy (non-hydrogen) atoms. The Morgan fingerprint density at radius 3 is 2.77 bits per heavy atom. The largest absolute Gasteiger partial charge is 0.480 e. The van der Waals surface area contributed by atoms with Crippen LogP contribution in [0.15, 0.2) is 18.2 Å². The molecule has 220 valence electrons. The number of carboxylic acid groups (broad SMARTS) is 1. The third kappa shape index (κ3) is 7.50. The summed E-state index contributed by atoms with van der Waals surface area (Å²) in [6.45, 7) is 3.49. The fraction of sp³-hybridized carbons (Fsp3) is 0.643. The molecule has 0 spiro atoms. The predicted octanol–water partition coefficient (Wildman–Crippen LogP) is 3.36. The summed E-state index contributed by atoms with van der Waals surface area (Å²) in [6.07, 6.45) is 5.43. The summed E-state index contributed by atoms with van der Waals surface area (Å²) in [6, 6.07) is 4.82. The van der Waals surface area contributed by atoms with Gasteiger partial charge in [-0.05, 0) is 82.5 Å². The molecule has 12 heteroatoms. The van der Waals surface area contributed by atoms with Crippen LogP contribution in [-0.4, -0.2) is 88.8 Å². The van der Waals surface area contributed by atoms with E-state index in [4.69, 9.17) is 21.3 Å². The van der Waals surface area contributed by atoms with Gasteiger partial charge in [-0.1, -0.05) is 17.7 Å². The molecule has 3 heterocycles. The molecule has 1 aliphatic carbocycles. The number of hydrogen-bond donors (Lipinski definition) is 3. The first kappa shape index (κ1) is 30.2. The molecule has 1 amide bonds. The van der Waals surface area contributed by atoms with E-state index in [0.29, 0.717) is 37.6 Å². The van der Waals surface area contributed by atoms with E-state index < -0.39 is 30.3 Å². The Balaban J connectivity index is 1.31. The minimum absolute atomic E-state index is 0.177. The highest BCUT2D eigenvalue weighted by molar-refractivity contribution is 6.29. The molecule has 0 radical (unpaired) electrons. The number of carboxylic acids is 1. The van der Waals surface area contributed by atoms with Crippen molar-refractivity contribution in [1.29, 1.82) is 0 Å². The van der Waals surface area contributed by atoms with Crippen LogP contribution in [0.4, 0.5) is 10.2 Å². The summed E-state index contributed by atoms with van der Waals surface area (Å²) in [5, 5.41) is 20.5. The molecule has 4 rings (SSSR count). The average Bonchev–Trinajstić information content (AvgIpc) is 3.68. The second-order valence-electron chi connectivity index (χ2n) is 10.8. The molecule has 2 aliphatic rings. The van der Waals surface area contributed by atoms with Crippen molar-refractivity contribution >= 4 is 29.3 Å². The fourth-order valence-electron chi connectivity index (χ4n) is 5.30. The van der Waals surface area contributed by atoms with Crippen LogP contribution >= 0.6 is 11.6 Å². The Bertz CT molecular complexity index is 1170. The van der Waals surface area contributed by atoms with E-state index in [1.54, 1.807) is 10.7 Å². The maximum atomic E-state index is 13.5. The Kier molecular flexibility index (Phi) is 10.4. The van der Waals surface area contributed by atoms with Crippen molar-refractivity contribution in [3.63, 3.8) is 0 Å². The van der Waals surface area contributed by atoms with E-state index >= 15 is 0 Å². The first-order valence-corrected chi connectivity index (χ1v) is 14.4. The standard InChI is InChI=1S/C28H40ClFN6O4/c1-19-16-24(29)34-36(19)28(11-12-28)27(39)33-23(26(37)38)10-15-35(18-22(17-30)40-2)14-4-3-7-21-9-8-20-6-5-13-31-25(20)32-21/h8-9,16,22-23H,3-7,10-15,17-18H2,1-2H3,(H,31,32)(H,33,39)(H,37,38). The van der Waals surface area contributed by atoms with Crippen LogP contribution in [0.25, 0.3) is 0 Å². The molecular formula is C28H40ClFN6O4. The zero-order valence-corrected chi connectivity index (χ0v) is 24.1. The van der Waals surface area contributed by atoms with Gasteiger partial charge in [-0.15, -0.1) is 0 Å². The van der Waals surface area contributed by atoms with E-state index in [2.05, 4.69) is 27.9 Å². The second kappa shape index (κ2) is 13.7. The Morgan fingerprint density at radius 1 is 1.32 bits per heavy atom. The summed E-state index contributed by atoms with van der Waals surface area (Å²) < 4.78 is 20.3. The first-order valence-electron chi connectivity index (χ1n) is 14.1. The van der Waals surface area contributed by atoms with Crippen molar-refractivity contribution in [3.05, 3.63) is 40.3 Å². The predicted molar refractivity (Wildman–Crippen MR) is 151 cm³/mol. The lowest BCUT2D eigenvalue weighted by Crippen LogP contribution is -2.49. The number of carbonyl (C=O) groups excluding carboxylic acids is 1. The number of rotatable bonds is 16. The minimum atomic E-state index is -1.11. The van der Waals surface area contributed by atoms with Crippen molar-refractivity contribution in [2.24, 2.45) is 0 Å². The van der Waals surface area contributed by atoms with E-state index in [9.17, 15) is 19.1 Å². The highest BCUT2D eigenvalue weighted by Crippen LogP contribution is 2.44. The number of nitrogens with zero attached hydrogens (tertiary/aromatic N) is 4. The lowest BCUT2D eigenvalue weighted by atomic mass is 10.1. The maximum Gasteiger partial charge on any atom is 0.326 e. The zero-order chi connectivity index (χ0) is 28.7. The zero-order valence-electron chi connectivity index (χ0n) is 23.3. The number of ether oxygens (including phenoxy) is 1. The highest BCUT2D eigenvalue weighted by Gasteiger charge is 2.54. The molecule has 0 bridgehead atoms. The number of alkyl halides is 1. The van der Waals surface area contributed by atoms with Gasteiger partial charge < -0.3 is 25.4 Å². The van der Waals surface area contributed by atoms with Crippen LogP contribution in [0.5, 0.6) is 0 Å². The van der Waals surface area contributed by atoms with Crippen LogP contribution in [-0.2, 0) is 32.7 Å². The van der Waals surface area contributed by atoms with Gasteiger partial charge in [0, 0.05) is 38.1 Å². The van der Waals surface area contributed by atoms with E-state index in [1.807, 2.05) is 11.8 Å². The minimum Gasteiger partial charge on any atom is -0.480 e. The lowest BCUT2D eigenvalue weighted by Gasteiger charge is -2.27. The van der Waals surface area contributed by atoms with Gasteiger partial charge in [0.15, 0.2) is 5.15 Å². The van der Waals surface area contributed by atoms with Crippen LogP contribution < -0.4 is 10.6 Å². The number of amides is 1. The van der Waals surface area contributed by atoms with Crippen LogP contribution in [0, 0.1) is 6.92 Å². The van der Waals surface area contributed by atoms with Crippen LogP contribution in [0.2, 0.25) is 5.15 Å². The van der Waals surface area contributed by atoms with Crippen molar-refractivity contribution in [3.8, 4) is 0 Å². The number of aliphatic carboxylic acids is 1. The van der Waals surface area contributed by atoms with E-state index in [-0.39, 0.29) is 12.3 Å². The molecule has 10 nitrogen and oxygen atoms in total. The third-order valence-electron chi connectivity index (χ3n) is 7.82. The molecule has 0 saturated heterocycles. The number of unbranched alkanes of at least 4 members (excludes halogenated alkanes) is 1. The number of hydrogen-bond acceptors (Lipinski definition) is 7. The van der Waals surface area contributed by atoms with Gasteiger partial charge in [0.05, 0.1) is 6.10 Å². The van der Waals surface area contributed by atoms with Gasteiger partial charge in [-0.3, -0.25) is 9.48 Å². The smallest absolute Gasteiger partial charge is 0.326 e. The number of pyridine rings is 1. The van der Waals surface area contributed by atoms with Crippen molar-refractivity contribution in [2.75, 3.05) is 45.3 Å². The van der Waals surface area contributed by atoms with Crippen LogP contribution in [0.1, 0.15) is 55.5 Å². The normalized spacial score (nSPS) is 17.1. The number of halogens is 2. The van der Waals surface area contributed by atoms with Crippen molar-refractivity contribution in [2.45, 2.75) is 76.0 Å². The van der Waals surface area contributed by atoms with E-state index in [0.717, 1.165) is 55.9 Å². The summed E-state index contributed by atoms with van der Waals surface area (Å²) in [5.41, 5.74) is 2.14. The number of anilines is 1. The maximum absolute atomic E-state index is 13.5. The Morgan fingerprint density at radius 2 is 2.12 bits per heavy atom. The number of aromatic nitrogens is 3. The second-order valence-corrected chi connectivity index (χ2v) is 11.2. The average molecular weight is 579 g/mol. The first-order chi connectivity index (χ1) is 19.3. The molecule has 1 aliphatic heterocycles. The molecule has 1 fully saturated rings. The Labute approximate surface area is 239 Å². The van der Waals surface area contributed by atoms with Gasteiger partial charge in [-0.2, -0.15) is 5.10 Å². The highest BCUT2D eigenvalue weighted by atomic mass is 35.5.